The van der Waals surface area contributed by atoms with Crippen molar-refractivity contribution in [2.75, 3.05) is 13.1 Å². The van der Waals surface area contributed by atoms with Gasteiger partial charge in [-0.3, -0.25) is 14.4 Å². The summed E-state index contributed by atoms with van der Waals surface area (Å²) in [5.41, 5.74) is 5.66. The molecule has 10 heteroatoms. The normalized spacial score (nSPS) is 25.0. The van der Waals surface area contributed by atoms with Crippen LogP contribution in [-0.4, -0.2) is 87.1 Å². The molecule has 0 aromatic heterocycles. The molecule has 164 valence electrons. The zero-order valence-corrected chi connectivity index (χ0v) is 17.2. The fourth-order valence-electron chi connectivity index (χ4n) is 3.93. The van der Waals surface area contributed by atoms with Crippen LogP contribution in [0.15, 0.2) is 0 Å². The maximum Gasteiger partial charge on any atom is 0.326 e. The van der Waals surface area contributed by atoms with Gasteiger partial charge in [0.2, 0.25) is 17.7 Å². The molecule has 0 aliphatic carbocycles. The van der Waals surface area contributed by atoms with Crippen LogP contribution in [-0.2, 0) is 19.2 Å². The molecule has 2 saturated heterocycles. The Hall–Kier alpha value is -2.20. The lowest BCUT2D eigenvalue weighted by atomic mass is 10.0. The van der Waals surface area contributed by atoms with Crippen molar-refractivity contribution in [2.45, 2.75) is 76.7 Å². The number of nitrogens with one attached hydrogen (secondary N) is 1. The second-order valence-electron chi connectivity index (χ2n) is 8.21. The van der Waals surface area contributed by atoms with Crippen molar-refractivity contribution in [2.24, 2.45) is 11.7 Å². The van der Waals surface area contributed by atoms with Gasteiger partial charge < -0.3 is 31.1 Å². The van der Waals surface area contributed by atoms with E-state index in [0.29, 0.717) is 38.8 Å². The standard InChI is InChI=1S/C19H32N4O6/c1-10(2)15(21-16(25)14(20)11(3)24)18(27)22-8-4-6-12(22)17(26)23-9-5-7-13(23)19(28)29/h10-15,24H,4-9,20H2,1-3H3,(H,21,25)(H,28,29). The van der Waals surface area contributed by atoms with Crippen molar-refractivity contribution in [3.05, 3.63) is 0 Å². The topological polar surface area (TPSA) is 153 Å². The molecule has 0 radical (unpaired) electrons. The molecule has 0 aromatic rings. The van der Waals surface area contributed by atoms with Gasteiger partial charge in [-0.2, -0.15) is 0 Å². The third kappa shape index (κ3) is 5.05. The predicted molar refractivity (Wildman–Crippen MR) is 104 cm³/mol. The minimum atomic E-state index is -1.17. The van der Waals surface area contributed by atoms with Crippen LogP contribution in [0.25, 0.3) is 0 Å². The summed E-state index contributed by atoms with van der Waals surface area (Å²) in [4.78, 5) is 52.7. The van der Waals surface area contributed by atoms with E-state index in [4.69, 9.17) is 5.73 Å². The summed E-state index contributed by atoms with van der Waals surface area (Å²) in [7, 11) is 0. The molecule has 10 nitrogen and oxygen atoms in total. The van der Waals surface area contributed by atoms with E-state index in [9.17, 15) is 29.4 Å². The number of hydrogen-bond donors (Lipinski definition) is 4. The number of carbonyl (C=O) groups excluding carboxylic acids is 3. The molecule has 0 bridgehead atoms. The van der Waals surface area contributed by atoms with E-state index in [1.807, 2.05) is 0 Å². The molecule has 0 aromatic carbocycles. The Morgan fingerprint density at radius 2 is 1.55 bits per heavy atom. The monoisotopic (exact) mass is 412 g/mol. The Balaban J connectivity index is 2.15. The molecule has 5 atom stereocenters. The van der Waals surface area contributed by atoms with Crippen LogP contribution in [0.5, 0.6) is 0 Å². The minimum Gasteiger partial charge on any atom is -0.480 e. The van der Waals surface area contributed by atoms with Crippen molar-refractivity contribution >= 4 is 23.7 Å². The van der Waals surface area contributed by atoms with Gasteiger partial charge in [0.1, 0.15) is 24.2 Å². The molecule has 2 heterocycles. The SMILES string of the molecule is CC(C)C(NC(=O)C(N)C(C)O)C(=O)N1CCCC1C(=O)N1CCCC1C(=O)O. The first kappa shape index (κ1) is 23.1. The number of aliphatic hydroxyl groups excluding tert-OH is 1. The highest BCUT2D eigenvalue weighted by Gasteiger charge is 2.44. The number of amides is 3. The molecule has 5 unspecified atom stereocenters. The van der Waals surface area contributed by atoms with E-state index in [1.54, 1.807) is 13.8 Å². The fourth-order valence-corrected chi connectivity index (χ4v) is 3.93. The van der Waals surface area contributed by atoms with Crippen LogP contribution >= 0.6 is 0 Å². The Morgan fingerprint density at radius 3 is 2.07 bits per heavy atom. The highest BCUT2D eigenvalue weighted by molar-refractivity contribution is 5.95. The van der Waals surface area contributed by atoms with Crippen molar-refractivity contribution < 1.29 is 29.4 Å². The maximum absolute atomic E-state index is 13.2. The van der Waals surface area contributed by atoms with Crippen LogP contribution in [0.2, 0.25) is 0 Å². The van der Waals surface area contributed by atoms with Crippen molar-refractivity contribution in [1.29, 1.82) is 0 Å². The number of nitrogens with two attached hydrogens (primary N) is 1. The van der Waals surface area contributed by atoms with Gasteiger partial charge in [0.25, 0.3) is 0 Å². The van der Waals surface area contributed by atoms with Crippen LogP contribution in [0.4, 0.5) is 0 Å². The van der Waals surface area contributed by atoms with Crippen LogP contribution in [0, 0.1) is 5.92 Å². The Bertz CT molecular complexity index is 653. The zero-order valence-electron chi connectivity index (χ0n) is 17.2. The third-order valence-corrected chi connectivity index (χ3v) is 5.69. The number of aliphatic hydroxyl groups is 1. The number of hydrogen-bond acceptors (Lipinski definition) is 6. The third-order valence-electron chi connectivity index (χ3n) is 5.69. The summed E-state index contributed by atoms with van der Waals surface area (Å²) in [6, 6.07) is -3.65. The summed E-state index contributed by atoms with van der Waals surface area (Å²) in [6.07, 6.45) is 1.04. The highest BCUT2D eigenvalue weighted by Crippen LogP contribution is 2.26. The van der Waals surface area contributed by atoms with Crippen LogP contribution in [0.3, 0.4) is 0 Å². The van der Waals surface area contributed by atoms with Gasteiger partial charge in [-0.1, -0.05) is 13.8 Å². The average Bonchev–Trinajstić information content (AvgIpc) is 3.33. The van der Waals surface area contributed by atoms with E-state index in [2.05, 4.69) is 5.32 Å². The fraction of sp³-hybridized carbons (Fsp3) is 0.789. The lowest BCUT2D eigenvalue weighted by Crippen LogP contribution is -2.59. The first-order valence-corrected chi connectivity index (χ1v) is 10.1. The summed E-state index contributed by atoms with van der Waals surface area (Å²) in [5, 5.41) is 21.5. The minimum absolute atomic E-state index is 0.262. The molecule has 3 amide bonds. The quantitative estimate of drug-likeness (QED) is 0.414. The smallest absolute Gasteiger partial charge is 0.326 e. The molecular formula is C19H32N4O6. The van der Waals surface area contributed by atoms with Gasteiger partial charge in [0, 0.05) is 13.1 Å². The molecular weight excluding hydrogens is 380 g/mol. The van der Waals surface area contributed by atoms with Crippen molar-refractivity contribution in [3.8, 4) is 0 Å². The van der Waals surface area contributed by atoms with Gasteiger partial charge in [-0.05, 0) is 38.5 Å². The number of aliphatic carboxylic acids is 1. The van der Waals surface area contributed by atoms with Crippen molar-refractivity contribution in [1.82, 2.24) is 15.1 Å². The van der Waals surface area contributed by atoms with E-state index in [0.717, 1.165) is 0 Å². The van der Waals surface area contributed by atoms with Gasteiger partial charge in [0.05, 0.1) is 6.10 Å². The molecule has 5 N–H and O–H groups in total. The molecule has 0 spiro atoms. The van der Waals surface area contributed by atoms with E-state index < -0.39 is 48.1 Å². The molecule has 0 saturated carbocycles. The second kappa shape index (κ2) is 9.53. The van der Waals surface area contributed by atoms with Crippen LogP contribution < -0.4 is 11.1 Å². The van der Waals surface area contributed by atoms with Gasteiger partial charge in [-0.15, -0.1) is 0 Å². The van der Waals surface area contributed by atoms with E-state index in [-0.39, 0.29) is 11.8 Å². The lowest BCUT2D eigenvalue weighted by molar-refractivity contribution is -0.152. The van der Waals surface area contributed by atoms with Crippen LogP contribution in [0.1, 0.15) is 46.5 Å². The lowest BCUT2D eigenvalue weighted by Gasteiger charge is -2.33. The van der Waals surface area contributed by atoms with Gasteiger partial charge >= 0.3 is 5.97 Å². The second-order valence-corrected chi connectivity index (χ2v) is 8.21. The Morgan fingerprint density at radius 1 is 1.00 bits per heavy atom. The van der Waals surface area contributed by atoms with Crippen molar-refractivity contribution in [3.63, 3.8) is 0 Å². The number of carboxylic acids is 1. The summed E-state index contributed by atoms with van der Waals surface area (Å²) in [5.74, 6) is -2.68. The molecule has 29 heavy (non-hydrogen) atoms. The molecule has 2 aliphatic rings. The predicted octanol–water partition coefficient (Wildman–Crippen LogP) is -1.10. The Kier molecular flexibility index (Phi) is 7.59. The largest absolute Gasteiger partial charge is 0.480 e. The number of nitrogens with zero attached hydrogens (tertiary/aromatic N) is 2. The first-order valence-electron chi connectivity index (χ1n) is 10.1. The van der Waals surface area contributed by atoms with E-state index in [1.165, 1.54) is 16.7 Å². The first-order chi connectivity index (χ1) is 13.6. The molecule has 2 fully saturated rings. The summed E-state index contributed by atoms with van der Waals surface area (Å²) < 4.78 is 0. The summed E-state index contributed by atoms with van der Waals surface area (Å²) in [6.45, 7) is 5.65. The molecule has 2 rings (SSSR count). The average molecular weight is 412 g/mol. The molecule has 2 aliphatic heterocycles. The number of likely N-dealkylation sites (tertiary alicyclic amines) is 2. The highest BCUT2D eigenvalue weighted by atomic mass is 16.4. The summed E-state index contributed by atoms with van der Waals surface area (Å²) >= 11 is 0. The maximum atomic E-state index is 13.2. The van der Waals surface area contributed by atoms with E-state index >= 15 is 0 Å². The van der Waals surface area contributed by atoms with Gasteiger partial charge in [-0.25, -0.2) is 4.79 Å². The number of carboxylic acid groups (broad SMARTS) is 1. The zero-order chi connectivity index (χ0) is 21.9. The number of carbonyl (C=O) groups is 4. The number of rotatable bonds is 7. The van der Waals surface area contributed by atoms with Gasteiger partial charge in [0.15, 0.2) is 0 Å². The Labute approximate surface area is 170 Å².